The molecule has 1 N–H and O–H groups in total. The van der Waals surface area contributed by atoms with Crippen LogP contribution in [0.1, 0.15) is 20.8 Å². The van der Waals surface area contributed by atoms with Crippen LogP contribution >= 0.6 is 0 Å². The quantitative estimate of drug-likeness (QED) is 0.730. The minimum atomic E-state index is -0.737. The van der Waals surface area contributed by atoms with Gasteiger partial charge in [-0.3, -0.25) is 4.79 Å². The van der Waals surface area contributed by atoms with Gasteiger partial charge in [0, 0.05) is 13.1 Å². The van der Waals surface area contributed by atoms with E-state index in [1.165, 1.54) is 0 Å². The van der Waals surface area contributed by atoms with Crippen LogP contribution in [0.2, 0.25) is 0 Å². The van der Waals surface area contributed by atoms with Gasteiger partial charge in [-0.05, 0) is 32.6 Å². The molecule has 0 bridgehead atoms. The highest BCUT2D eigenvalue weighted by Crippen LogP contribution is 2.51. The highest BCUT2D eigenvalue weighted by molar-refractivity contribution is 5.76. The van der Waals surface area contributed by atoms with Crippen molar-refractivity contribution in [1.29, 1.82) is 0 Å². The van der Waals surface area contributed by atoms with Crippen molar-refractivity contribution in [3.63, 3.8) is 0 Å². The molecule has 2 atom stereocenters. The normalized spacial score (nSPS) is 32.2. The van der Waals surface area contributed by atoms with Crippen molar-refractivity contribution in [1.82, 2.24) is 4.90 Å². The van der Waals surface area contributed by atoms with Crippen LogP contribution in [0.4, 0.5) is 4.79 Å². The van der Waals surface area contributed by atoms with E-state index in [-0.39, 0.29) is 23.8 Å². The summed E-state index contributed by atoms with van der Waals surface area (Å²) in [7, 11) is 0. The van der Waals surface area contributed by atoms with E-state index in [0.29, 0.717) is 13.1 Å². The largest absolute Gasteiger partial charge is 0.481 e. The second-order valence-electron chi connectivity index (χ2n) is 5.58. The number of piperidine rings is 1. The van der Waals surface area contributed by atoms with Gasteiger partial charge in [-0.2, -0.15) is 0 Å². The third kappa shape index (κ3) is 1.99. The van der Waals surface area contributed by atoms with Gasteiger partial charge in [0.2, 0.25) is 0 Å². The number of amides is 1. The Bertz CT molecular complexity index is 321. The maximum atomic E-state index is 11.7. The van der Waals surface area contributed by atoms with Crippen molar-refractivity contribution in [3.8, 4) is 0 Å². The Morgan fingerprint density at radius 1 is 1.25 bits per heavy atom. The Balaban J connectivity index is 1.85. The van der Waals surface area contributed by atoms with Crippen molar-refractivity contribution >= 4 is 12.1 Å². The van der Waals surface area contributed by atoms with E-state index >= 15 is 0 Å². The molecule has 1 amide bonds. The summed E-state index contributed by atoms with van der Waals surface area (Å²) in [6, 6.07) is 0. The summed E-state index contributed by atoms with van der Waals surface area (Å²) in [6.07, 6.45) is -0.330. The van der Waals surface area contributed by atoms with E-state index in [4.69, 9.17) is 9.84 Å². The van der Waals surface area contributed by atoms with Gasteiger partial charge in [-0.15, -0.1) is 0 Å². The van der Waals surface area contributed by atoms with Crippen molar-refractivity contribution in [2.24, 2.45) is 17.8 Å². The third-order valence-electron chi connectivity index (χ3n) is 3.13. The molecule has 0 aromatic heterocycles. The first-order valence-electron chi connectivity index (χ1n) is 5.50. The summed E-state index contributed by atoms with van der Waals surface area (Å²) in [5.41, 5.74) is -0.490. The molecule has 5 heteroatoms. The van der Waals surface area contributed by atoms with Crippen molar-refractivity contribution in [2.45, 2.75) is 26.4 Å². The number of carbonyl (C=O) groups is 2. The number of ether oxygens (including phenoxy) is 1. The molecule has 1 aliphatic heterocycles. The number of fused-ring (bicyclic) bond motifs is 1. The number of carboxylic acids is 1. The first-order chi connectivity index (χ1) is 7.29. The fraction of sp³-hybridized carbons (Fsp3) is 0.818. The lowest BCUT2D eigenvalue weighted by Gasteiger charge is -2.25. The van der Waals surface area contributed by atoms with E-state index in [0.717, 1.165) is 0 Å². The fourth-order valence-corrected chi connectivity index (χ4v) is 2.37. The molecule has 2 aliphatic rings. The minimum absolute atomic E-state index is 0.144. The molecule has 16 heavy (non-hydrogen) atoms. The van der Waals surface area contributed by atoms with Crippen LogP contribution in [0.3, 0.4) is 0 Å². The van der Waals surface area contributed by atoms with E-state index in [1.807, 2.05) is 20.8 Å². The Morgan fingerprint density at radius 2 is 1.75 bits per heavy atom. The molecule has 0 aromatic rings. The van der Waals surface area contributed by atoms with Gasteiger partial charge in [-0.1, -0.05) is 0 Å². The first-order valence-corrected chi connectivity index (χ1v) is 5.50. The Morgan fingerprint density at radius 3 is 2.12 bits per heavy atom. The SMILES string of the molecule is CC(C)(C)OC(=O)N1C[C@H]2C(C(=O)O)[C@@H]2C1. The molecule has 0 unspecified atom stereocenters. The number of carbonyl (C=O) groups excluding carboxylic acids is 1. The molecule has 90 valence electrons. The first kappa shape index (κ1) is 11.2. The van der Waals surface area contributed by atoms with Crippen molar-refractivity contribution in [3.05, 3.63) is 0 Å². The van der Waals surface area contributed by atoms with E-state index in [1.54, 1.807) is 4.90 Å². The molecule has 2 rings (SSSR count). The zero-order valence-electron chi connectivity index (χ0n) is 9.77. The average Bonchev–Trinajstić information content (AvgIpc) is 2.60. The van der Waals surface area contributed by atoms with E-state index in [9.17, 15) is 9.59 Å². The van der Waals surface area contributed by atoms with Gasteiger partial charge in [-0.25, -0.2) is 4.79 Å². The second-order valence-corrected chi connectivity index (χ2v) is 5.58. The predicted octanol–water partition coefficient (Wildman–Crippen LogP) is 1.18. The highest BCUT2D eigenvalue weighted by Gasteiger charge is 2.60. The number of aliphatic carboxylic acids is 1. The monoisotopic (exact) mass is 227 g/mol. The van der Waals surface area contributed by atoms with Crippen LogP contribution in [0.15, 0.2) is 0 Å². The molecule has 1 saturated carbocycles. The molecule has 0 aromatic carbocycles. The number of hydrogen-bond acceptors (Lipinski definition) is 3. The van der Waals surface area contributed by atoms with Gasteiger partial charge < -0.3 is 14.7 Å². The fourth-order valence-electron chi connectivity index (χ4n) is 2.37. The summed E-state index contributed by atoms with van der Waals surface area (Å²) in [4.78, 5) is 24.0. The number of nitrogens with zero attached hydrogens (tertiary/aromatic N) is 1. The van der Waals surface area contributed by atoms with Crippen LogP contribution in [-0.2, 0) is 9.53 Å². The topological polar surface area (TPSA) is 66.8 Å². The maximum Gasteiger partial charge on any atom is 0.410 e. The van der Waals surface area contributed by atoms with Gasteiger partial charge >= 0.3 is 12.1 Å². The van der Waals surface area contributed by atoms with Crippen molar-refractivity contribution in [2.75, 3.05) is 13.1 Å². The van der Waals surface area contributed by atoms with Gasteiger partial charge in [0.05, 0.1) is 5.92 Å². The molecule has 5 nitrogen and oxygen atoms in total. The summed E-state index contributed by atoms with van der Waals surface area (Å²) in [5.74, 6) is -0.687. The third-order valence-corrected chi connectivity index (χ3v) is 3.13. The Kier molecular flexibility index (Phi) is 2.36. The van der Waals surface area contributed by atoms with Crippen LogP contribution in [-0.4, -0.2) is 40.8 Å². The van der Waals surface area contributed by atoms with Gasteiger partial charge in [0.15, 0.2) is 0 Å². The summed E-state index contributed by atoms with van der Waals surface area (Å²) in [6.45, 7) is 6.51. The van der Waals surface area contributed by atoms with E-state index < -0.39 is 11.6 Å². The van der Waals surface area contributed by atoms with Crippen LogP contribution in [0.25, 0.3) is 0 Å². The molecule has 1 aliphatic carbocycles. The zero-order chi connectivity index (χ0) is 12.1. The maximum absolute atomic E-state index is 11.7. The van der Waals surface area contributed by atoms with Gasteiger partial charge in [0.25, 0.3) is 0 Å². The van der Waals surface area contributed by atoms with Crippen LogP contribution < -0.4 is 0 Å². The lowest BCUT2D eigenvalue weighted by atomic mass is 10.2. The highest BCUT2D eigenvalue weighted by atomic mass is 16.6. The number of likely N-dealkylation sites (tertiary alicyclic amines) is 1. The lowest BCUT2D eigenvalue weighted by molar-refractivity contribution is -0.139. The average molecular weight is 227 g/mol. The predicted molar refractivity (Wildman–Crippen MR) is 55.9 cm³/mol. The van der Waals surface area contributed by atoms with E-state index in [2.05, 4.69) is 0 Å². The smallest absolute Gasteiger partial charge is 0.410 e. The Hall–Kier alpha value is -1.26. The molecular formula is C11H17NO4. The lowest BCUT2D eigenvalue weighted by Crippen LogP contribution is -2.37. The molecule has 1 saturated heterocycles. The Labute approximate surface area is 94.4 Å². The van der Waals surface area contributed by atoms with Gasteiger partial charge in [0.1, 0.15) is 5.60 Å². The molecule has 0 spiro atoms. The summed E-state index contributed by atoms with van der Waals surface area (Å²) >= 11 is 0. The molecular weight excluding hydrogens is 210 g/mol. The summed E-state index contributed by atoms with van der Waals surface area (Å²) in [5, 5.41) is 8.84. The minimum Gasteiger partial charge on any atom is -0.481 e. The number of rotatable bonds is 1. The molecule has 0 radical (unpaired) electrons. The zero-order valence-corrected chi connectivity index (χ0v) is 9.77. The molecule has 2 fully saturated rings. The van der Waals surface area contributed by atoms with Crippen LogP contribution in [0.5, 0.6) is 0 Å². The standard InChI is InChI=1S/C11H17NO4/c1-11(2,3)16-10(15)12-4-6-7(5-12)8(6)9(13)14/h6-8H,4-5H2,1-3H3,(H,13,14)/t6-,7-/m1/s1. The summed E-state index contributed by atoms with van der Waals surface area (Å²) < 4.78 is 5.23. The van der Waals surface area contributed by atoms with Crippen LogP contribution in [0, 0.1) is 17.8 Å². The van der Waals surface area contributed by atoms with Crippen molar-refractivity contribution < 1.29 is 19.4 Å². The number of hydrogen-bond donors (Lipinski definition) is 1. The second kappa shape index (κ2) is 3.37. The molecule has 1 heterocycles. The number of carboxylic acid groups (broad SMARTS) is 1.